The second kappa shape index (κ2) is 9.71. The fourth-order valence-corrected chi connectivity index (χ4v) is 5.25. The molecule has 0 saturated carbocycles. The molecule has 1 amide bonds. The summed E-state index contributed by atoms with van der Waals surface area (Å²) in [6, 6.07) is 18.6. The zero-order valence-corrected chi connectivity index (χ0v) is 20.5. The molecule has 180 valence electrons. The van der Waals surface area contributed by atoms with E-state index in [1.807, 2.05) is 13.0 Å². The molecule has 0 aliphatic carbocycles. The van der Waals surface area contributed by atoms with Crippen LogP contribution >= 0.6 is 0 Å². The highest BCUT2D eigenvalue weighted by Crippen LogP contribution is 2.24. The lowest BCUT2D eigenvalue weighted by Gasteiger charge is -2.22. The normalized spacial score (nSPS) is 11.4. The number of rotatable bonds is 7. The number of nitrogens with one attached hydrogen (secondary N) is 2. The molecule has 0 fully saturated rings. The number of carbonyl (C=O) groups excluding carboxylic acids is 1. The van der Waals surface area contributed by atoms with Gasteiger partial charge < -0.3 is 9.88 Å². The van der Waals surface area contributed by atoms with Crippen molar-refractivity contribution in [2.45, 2.75) is 32.2 Å². The van der Waals surface area contributed by atoms with Gasteiger partial charge in [0, 0.05) is 6.54 Å². The maximum absolute atomic E-state index is 13.5. The minimum Gasteiger partial charge on any atom is -0.331 e. The van der Waals surface area contributed by atoms with Crippen molar-refractivity contribution in [1.29, 1.82) is 0 Å². The summed E-state index contributed by atoms with van der Waals surface area (Å²) >= 11 is 0. The van der Waals surface area contributed by atoms with Crippen molar-refractivity contribution in [3.63, 3.8) is 0 Å². The van der Waals surface area contributed by atoms with Gasteiger partial charge in [-0.2, -0.15) is 0 Å². The van der Waals surface area contributed by atoms with Gasteiger partial charge in [0.2, 0.25) is 0 Å². The fraction of sp³-hybridized carbons (Fsp3) is 0.192. The zero-order valence-electron chi connectivity index (χ0n) is 19.7. The van der Waals surface area contributed by atoms with Crippen molar-refractivity contribution in [2.75, 3.05) is 11.3 Å². The Labute approximate surface area is 203 Å². The first-order valence-corrected chi connectivity index (χ1v) is 12.6. The van der Waals surface area contributed by atoms with E-state index in [4.69, 9.17) is 0 Å². The Morgan fingerprint density at radius 1 is 1.03 bits per heavy atom. The van der Waals surface area contributed by atoms with Gasteiger partial charge in [0.05, 0.1) is 33.6 Å². The minimum atomic E-state index is -3.92. The van der Waals surface area contributed by atoms with E-state index in [0.29, 0.717) is 28.8 Å². The summed E-state index contributed by atoms with van der Waals surface area (Å²) in [7, 11) is -3.92. The van der Waals surface area contributed by atoms with Gasteiger partial charge in [0.15, 0.2) is 0 Å². The van der Waals surface area contributed by atoms with Crippen LogP contribution in [-0.2, 0) is 16.6 Å². The SMILES string of the molecule is CCN(Cc1nc2ccccc2c(=O)[nH]1)C(=O)c1ccccc1NS(=O)(=O)c1cc(C)ccc1C. The van der Waals surface area contributed by atoms with E-state index < -0.39 is 10.0 Å². The van der Waals surface area contributed by atoms with E-state index in [2.05, 4.69) is 14.7 Å². The summed E-state index contributed by atoms with van der Waals surface area (Å²) in [5.41, 5.74) is 2.05. The van der Waals surface area contributed by atoms with Crippen molar-refractivity contribution in [2.24, 2.45) is 0 Å². The van der Waals surface area contributed by atoms with Crippen LogP contribution < -0.4 is 10.3 Å². The molecule has 0 bridgehead atoms. The van der Waals surface area contributed by atoms with Gasteiger partial charge in [-0.25, -0.2) is 13.4 Å². The lowest BCUT2D eigenvalue weighted by Crippen LogP contribution is -2.32. The Balaban J connectivity index is 1.65. The molecule has 4 aromatic rings. The van der Waals surface area contributed by atoms with Crippen LogP contribution in [0.3, 0.4) is 0 Å². The van der Waals surface area contributed by atoms with Gasteiger partial charge >= 0.3 is 0 Å². The summed E-state index contributed by atoms with van der Waals surface area (Å²) < 4.78 is 28.9. The van der Waals surface area contributed by atoms with Crippen LogP contribution in [0.5, 0.6) is 0 Å². The Bertz CT molecular complexity index is 1580. The third-order valence-corrected chi connectivity index (χ3v) is 7.21. The first-order chi connectivity index (χ1) is 16.7. The zero-order chi connectivity index (χ0) is 25.2. The molecule has 0 radical (unpaired) electrons. The quantitative estimate of drug-likeness (QED) is 0.407. The average Bonchev–Trinajstić information content (AvgIpc) is 2.83. The molecule has 0 aliphatic heterocycles. The molecule has 0 saturated heterocycles. The number of hydrogen-bond acceptors (Lipinski definition) is 5. The molecule has 8 nitrogen and oxygen atoms in total. The summed E-state index contributed by atoms with van der Waals surface area (Å²) in [4.78, 5) is 34.8. The molecule has 9 heteroatoms. The molecule has 0 atom stereocenters. The lowest BCUT2D eigenvalue weighted by molar-refractivity contribution is 0.0749. The predicted molar refractivity (Wildman–Crippen MR) is 136 cm³/mol. The molecular formula is C26H26N4O4S. The number of carbonyl (C=O) groups is 1. The number of anilines is 1. The number of aromatic amines is 1. The predicted octanol–water partition coefficient (Wildman–Crippen LogP) is 4.00. The molecule has 1 heterocycles. The van der Waals surface area contributed by atoms with Gasteiger partial charge in [-0.05, 0) is 62.2 Å². The summed E-state index contributed by atoms with van der Waals surface area (Å²) in [6.45, 7) is 5.74. The van der Waals surface area contributed by atoms with Gasteiger partial charge in [0.1, 0.15) is 5.82 Å². The Hall–Kier alpha value is -3.98. The second-order valence-corrected chi connectivity index (χ2v) is 9.92. The molecular weight excluding hydrogens is 464 g/mol. The van der Waals surface area contributed by atoms with Crippen molar-refractivity contribution >= 4 is 32.5 Å². The number of H-pyrrole nitrogens is 1. The standard InChI is InChI=1S/C26H26N4O4S/c1-4-30(16-24-27-21-11-7-5-9-19(21)25(31)28-24)26(32)20-10-6-8-12-22(20)29-35(33,34)23-15-17(2)13-14-18(23)3/h5-15,29H,4,16H2,1-3H3,(H,27,28,31). The van der Waals surface area contributed by atoms with Crippen molar-refractivity contribution < 1.29 is 13.2 Å². The highest BCUT2D eigenvalue weighted by Gasteiger charge is 2.23. The first kappa shape index (κ1) is 24.2. The van der Waals surface area contributed by atoms with E-state index >= 15 is 0 Å². The largest absolute Gasteiger partial charge is 0.331 e. The third kappa shape index (κ3) is 5.09. The number of sulfonamides is 1. The average molecular weight is 491 g/mol. The van der Waals surface area contributed by atoms with E-state index in [-0.39, 0.29) is 34.2 Å². The van der Waals surface area contributed by atoms with Crippen LogP contribution in [-0.4, -0.2) is 35.7 Å². The summed E-state index contributed by atoms with van der Waals surface area (Å²) in [5.74, 6) is -0.0417. The molecule has 3 aromatic carbocycles. The van der Waals surface area contributed by atoms with Gasteiger partial charge in [-0.1, -0.05) is 36.4 Å². The summed E-state index contributed by atoms with van der Waals surface area (Å²) in [5, 5.41) is 0.469. The fourth-order valence-electron chi connectivity index (χ4n) is 3.84. The maximum atomic E-state index is 13.5. The topological polar surface area (TPSA) is 112 Å². The smallest absolute Gasteiger partial charge is 0.262 e. The number of nitrogens with zero attached hydrogens (tertiary/aromatic N) is 2. The number of para-hydroxylation sites is 2. The number of aryl methyl sites for hydroxylation is 2. The number of benzene rings is 3. The highest BCUT2D eigenvalue weighted by molar-refractivity contribution is 7.92. The van der Waals surface area contributed by atoms with Crippen LogP contribution in [0.1, 0.15) is 34.2 Å². The number of aromatic nitrogens is 2. The molecule has 35 heavy (non-hydrogen) atoms. The van der Waals surface area contributed by atoms with Crippen molar-refractivity contribution in [3.8, 4) is 0 Å². The van der Waals surface area contributed by atoms with Crippen molar-refractivity contribution in [1.82, 2.24) is 14.9 Å². The Kier molecular flexibility index (Phi) is 6.70. The first-order valence-electron chi connectivity index (χ1n) is 11.2. The Morgan fingerprint density at radius 2 is 1.74 bits per heavy atom. The number of hydrogen-bond donors (Lipinski definition) is 2. The van der Waals surface area contributed by atoms with Gasteiger partial charge in [0.25, 0.3) is 21.5 Å². The van der Waals surface area contributed by atoms with E-state index in [1.165, 1.54) is 4.90 Å². The lowest BCUT2D eigenvalue weighted by atomic mass is 10.1. The molecule has 0 unspecified atom stereocenters. The Morgan fingerprint density at radius 3 is 2.51 bits per heavy atom. The van der Waals surface area contributed by atoms with Crippen LogP contribution in [0.2, 0.25) is 0 Å². The molecule has 1 aromatic heterocycles. The van der Waals surface area contributed by atoms with Crippen LogP contribution in [0.15, 0.2) is 76.4 Å². The van der Waals surface area contributed by atoms with E-state index in [1.54, 1.807) is 74.5 Å². The van der Waals surface area contributed by atoms with E-state index in [9.17, 15) is 18.0 Å². The van der Waals surface area contributed by atoms with Crippen LogP contribution in [0.4, 0.5) is 5.69 Å². The van der Waals surface area contributed by atoms with E-state index in [0.717, 1.165) is 5.56 Å². The minimum absolute atomic E-state index is 0.0630. The van der Waals surface area contributed by atoms with Crippen molar-refractivity contribution in [3.05, 3.63) is 99.6 Å². The molecule has 4 rings (SSSR count). The van der Waals surface area contributed by atoms with Crippen LogP contribution in [0.25, 0.3) is 10.9 Å². The summed E-state index contributed by atoms with van der Waals surface area (Å²) in [6.07, 6.45) is 0. The second-order valence-electron chi connectivity index (χ2n) is 8.27. The third-order valence-electron chi connectivity index (χ3n) is 5.71. The van der Waals surface area contributed by atoms with Gasteiger partial charge in [-0.15, -0.1) is 0 Å². The molecule has 0 spiro atoms. The number of amides is 1. The molecule has 0 aliphatic rings. The molecule has 2 N–H and O–H groups in total. The van der Waals surface area contributed by atoms with Gasteiger partial charge in [-0.3, -0.25) is 14.3 Å². The van der Waals surface area contributed by atoms with Crippen LogP contribution in [0, 0.1) is 13.8 Å². The highest BCUT2D eigenvalue weighted by atomic mass is 32.2. The number of fused-ring (bicyclic) bond motifs is 1. The maximum Gasteiger partial charge on any atom is 0.262 e. The monoisotopic (exact) mass is 490 g/mol.